The number of rotatable bonds is 2. The topological polar surface area (TPSA) is 81.2 Å². The molecule has 1 heterocycles. The second-order valence-corrected chi connectivity index (χ2v) is 3.92. The van der Waals surface area contributed by atoms with E-state index in [9.17, 15) is 4.79 Å². The van der Waals surface area contributed by atoms with Crippen LogP contribution in [0.1, 0.15) is 21.5 Å². The van der Waals surface area contributed by atoms with E-state index >= 15 is 0 Å². The number of carbonyl (C=O) groups excluding carboxylic acids is 1. The number of benzene rings is 1. The van der Waals surface area contributed by atoms with Crippen molar-refractivity contribution in [2.24, 2.45) is 5.73 Å². The molecule has 96 valence electrons. The first-order valence-corrected chi connectivity index (χ1v) is 5.71. The van der Waals surface area contributed by atoms with Crippen LogP contribution in [0, 0.1) is 18.8 Å². The van der Waals surface area contributed by atoms with Crippen LogP contribution < -0.4 is 11.1 Å². The monoisotopic (exact) mass is 255 g/mol. The summed E-state index contributed by atoms with van der Waals surface area (Å²) in [7, 11) is 0. The summed E-state index contributed by atoms with van der Waals surface area (Å²) in [6, 6.07) is 5.44. The van der Waals surface area contributed by atoms with E-state index in [0.29, 0.717) is 16.8 Å². The maximum Gasteiger partial charge on any atom is 0.257 e. The number of amides is 1. The Kier molecular flexibility index (Phi) is 3.96. The van der Waals surface area contributed by atoms with Crippen molar-refractivity contribution in [3.8, 4) is 11.8 Å². The largest absolute Gasteiger partial charge is 0.363 e. The molecule has 0 spiro atoms. The maximum absolute atomic E-state index is 12.1. The Hall–Kier alpha value is -2.58. The molecule has 0 aliphatic carbocycles. The van der Waals surface area contributed by atoms with Crippen molar-refractivity contribution >= 4 is 11.6 Å². The van der Waals surface area contributed by atoms with Crippen LogP contribution in [0.4, 0.5) is 5.69 Å². The number of anilines is 1. The predicted molar refractivity (Wildman–Crippen MR) is 71.6 cm³/mol. The van der Waals surface area contributed by atoms with Gasteiger partial charge in [0.05, 0.1) is 18.3 Å². The first-order chi connectivity index (χ1) is 9.20. The van der Waals surface area contributed by atoms with Crippen molar-refractivity contribution in [2.75, 3.05) is 11.9 Å². The Balaban J connectivity index is 2.30. The van der Waals surface area contributed by atoms with Crippen LogP contribution in [0.5, 0.6) is 0 Å². The molecule has 1 amide bonds. The normalized spacial score (nSPS) is 9.58. The van der Waals surface area contributed by atoms with Gasteiger partial charge >= 0.3 is 0 Å². The summed E-state index contributed by atoms with van der Waals surface area (Å²) in [5, 5.41) is 6.20. The molecule has 2 aromatic rings. The van der Waals surface area contributed by atoms with Crippen LogP contribution in [0.2, 0.25) is 0 Å². The van der Waals surface area contributed by atoms with Gasteiger partial charge in [-0.1, -0.05) is 23.1 Å². The average Bonchev–Trinajstić information content (AvgIpc) is 2.89. The standard InChI is InChI=1S/C14H13N3O2/c1-10-4-5-13(11(7-10)3-2-6-15)14(18)17-12-8-16-19-9-12/h4-5,7-9H,6,15H2,1H3,(H,17,18). The number of aromatic nitrogens is 1. The molecule has 2 rings (SSSR count). The van der Waals surface area contributed by atoms with Gasteiger partial charge in [-0.15, -0.1) is 0 Å². The van der Waals surface area contributed by atoms with Crippen LogP contribution in [0.3, 0.4) is 0 Å². The summed E-state index contributed by atoms with van der Waals surface area (Å²) in [5.74, 6) is 5.39. The lowest BCUT2D eigenvalue weighted by molar-refractivity contribution is 0.102. The van der Waals surface area contributed by atoms with Crippen molar-refractivity contribution in [3.63, 3.8) is 0 Å². The van der Waals surface area contributed by atoms with Crippen LogP contribution in [-0.4, -0.2) is 17.6 Å². The molecule has 1 aromatic carbocycles. The van der Waals surface area contributed by atoms with Gasteiger partial charge in [-0.2, -0.15) is 0 Å². The second kappa shape index (κ2) is 5.85. The number of carbonyl (C=O) groups is 1. The molecule has 0 atom stereocenters. The Morgan fingerprint density at radius 3 is 3.05 bits per heavy atom. The highest BCUT2D eigenvalue weighted by atomic mass is 16.5. The zero-order valence-electron chi connectivity index (χ0n) is 10.4. The van der Waals surface area contributed by atoms with E-state index in [1.54, 1.807) is 6.07 Å². The maximum atomic E-state index is 12.1. The minimum atomic E-state index is -0.260. The molecule has 19 heavy (non-hydrogen) atoms. The van der Waals surface area contributed by atoms with E-state index in [4.69, 9.17) is 5.73 Å². The smallest absolute Gasteiger partial charge is 0.257 e. The lowest BCUT2D eigenvalue weighted by Crippen LogP contribution is -2.13. The summed E-state index contributed by atoms with van der Waals surface area (Å²) in [4.78, 5) is 12.1. The van der Waals surface area contributed by atoms with Crippen molar-refractivity contribution in [2.45, 2.75) is 6.92 Å². The van der Waals surface area contributed by atoms with Crippen molar-refractivity contribution < 1.29 is 9.32 Å². The third-order valence-corrected chi connectivity index (χ3v) is 2.44. The fourth-order valence-corrected chi connectivity index (χ4v) is 1.57. The lowest BCUT2D eigenvalue weighted by atomic mass is 10.0. The molecule has 0 saturated carbocycles. The minimum absolute atomic E-state index is 0.251. The third-order valence-electron chi connectivity index (χ3n) is 2.44. The summed E-state index contributed by atoms with van der Waals surface area (Å²) in [6.07, 6.45) is 2.79. The van der Waals surface area contributed by atoms with Gasteiger partial charge < -0.3 is 15.6 Å². The van der Waals surface area contributed by atoms with Crippen LogP contribution >= 0.6 is 0 Å². The quantitative estimate of drug-likeness (QED) is 0.798. The Bertz CT molecular complexity index is 636. The van der Waals surface area contributed by atoms with Crippen LogP contribution in [-0.2, 0) is 0 Å². The summed E-state index contributed by atoms with van der Waals surface area (Å²) in [5.41, 5.74) is 8.03. The van der Waals surface area contributed by atoms with Gasteiger partial charge in [-0.3, -0.25) is 4.79 Å². The first-order valence-electron chi connectivity index (χ1n) is 5.71. The highest BCUT2D eigenvalue weighted by Crippen LogP contribution is 2.13. The van der Waals surface area contributed by atoms with Gasteiger partial charge in [0.1, 0.15) is 12.0 Å². The fraction of sp³-hybridized carbons (Fsp3) is 0.143. The van der Waals surface area contributed by atoms with Crippen LogP contribution in [0.25, 0.3) is 0 Å². The predicted octanol–water partition coefficient (Wildman–Crippen LogP) is 1.55. The number of aryl methyl sites for hydroxylation is 1. The van der Waals surface area contributed by atoms with E-state index in [1.807, 2.05) is 19.1 Å². The Morgan fingerprint density at radius 2 is 2.37 bits per heavy atom. The number of hydrogen-bond acceptors (Lipinski definition) is 4. The minimum Gasteiger partial charge on any atom is -0.363 e. The average molecular weight is 255 g/mol. The molecule has 0 unspecified atom stereocenters. The molecule has 5 heteroatoms. The van der Waals surface area contributed by atoms with Crippen LogP contribution in [0.15, 0.2) is 35.2 Å². The summed E-state index contributed by atoms with van der Waals surface area (Å²) >= 11 is 0. The first kappa shape index (κ1) is 12.9. The lowest BCUT2D eigenvalue weighted by Gasteiger charge is -2.05. The van der Waals surface area contributed by atoms with Crippen molar-refractivity contribution in [1.29, 1.82) is 0 Å². The molecule has 0 radical (unpaired) electrons. The van der Waals surface area contributed by atoms with Gasteiger partial charge in [-0.25, -0.2) is 0 Å². The molecule has 0 saturated heterocycles. The number of nitrogens with zero attached hydrogens (tertiary/aromatic N) is 1. The van der Waals surface area contributed by atoms with Gasteiger partial charge in [0.2, 0.25) is 0 Å². The molecular formula is C14H13N3O2. The van der Waals surface area contributed by atoms with E-state index in [-0.39, 0.29) is 12.5 Å². The van der Waals surface area contributed by atoms with E-state index in [2.05, 4.69) is 26.8 Å². The second-order valence-electron chi connectivity index (χ2n) is 3.92. The van der Waals surface area contributed by atoms with E-state index in [0.717, 1.165) is 5.56 Å². The van der Waals surface area contributed by atoms with Gasteiger partial charge in [0, 0.05) is 5.56 Å². The highest BCUT2D eigenvalue weighted by molar-refractivity contribution is 6.05. The molecule has 0 aliphatic rings. The number of nitrogens with two attached hydrogens (primary N) is 1. The Labute approximate surface area is 110 Å². The summed E-state index contributed by atoms with van der Waals surface area (Å²) < 4.78 is 4.66. The number of nitrogens with one attached hydrogen (secondary N) is 1. The number of hydrogen-bond donors (Lipinski definition) is 2. The van der Waals surface area contributed by atoms with Crippen molar-refractivity contribution in [3.05, 3.63) is 47.3 Å². The van der Waals surface area contributed by atoms with Crippen molar-refractivity contribution in [1.82, 2.24) is 5.16 Å². The zero-order valence-corrected chi connectivity index (χ0v) is 10.4. The zero-order chi connectivity index (χ0) is 13.7. The molecule has 0 aliphatic heterocycles. The van der Waals surface area contributed by atoms with E-state index in [1.165, 1.54) is 12.5 Å². The SMILES string of the molecule is Cc1ccc(C(=O)Nc2cnoc2)c(C#CCN)c1. The Morgan fingerprint density at radius 1 is 1.53 bits per heavy atom. The van der Waals surface area contributed by atoms with Gasteiger partial charge in [0.15, 0.2) is 0 Å². The molecule has 0 bridgehead atoms. The van der Waals surface area contributed by atoms with Gasteiger partial charge in [0.25, 0.3) is 5.91 Å². The molecular weight excluding hydrogens is 242 g/mol. The molecule has 0 fully saturated rings. The summed E-state index contributed by atoms with van der Waals surface area (Å²) in [6.45, 7) is 2.19. The molecule has 5 nitrogen and oxygen atoms in total. The molecule has 1 aromatic heterocycles. The van der Waals surface area contributed by atoms with Gasteiger partial charge in [-0.05, 0) is 24.6 Å². The highest BCUT2D eigenvalue weighted by Gasteiger charge is 2.11. The third kappa shape index (κ3) is 3.21. The molecule has 3 N–H and O–H groups in total. The fourth-order valence-electron chi connectivity index (χ4n) is 1.57. The van der Waals surface area contributed by atoms with E-state index < -0.39 is 0 Å².